The minimum Gasteiger partial charge on any atom is -0.491 e. The molecule has 0 spiro atoms. The Labute approximate surface area is 161 Å². The van der Waals surface area contributed by atoms with Crippen LogP contribution in [0.3, 0.4) is 0 Å². The highest BCUT2D eigenvalue weighted by Gasteiger charge is 2.14. The SMILES string of the molecule is CC(C)Oc1ccc2[nH]nc(-c3nccc(-c4ccc(CCC=O)o4)n3)c2c1. The number of carbonyl (C=O) groups excluding carboxylic acids is 1. The highest BCUT2D eigenvalue weighted by molar-refractivity contribution is 5.92. The van der Waals surface area contributed by atoms with Crippen LogP contribution in [0, 0.1) is 0 Å². The van der Waals surface area contributed by atoms with E-state index >= 15 is 0 Å². The normalized spacial score (nSPS) is 11.2. The number of nitrogens with zero attached hydrogens (tertiary/aromatic N) is 3. The Morgan fingerprint density at radius 3 is 2.93 bits per heavy atom. The Balaban J connectivity index is 1.69. The van der Waals surface area contributed by atoms with Gasteiger partial charge in [0.15, 0.2) is 11.6 Å². The van der Waals surface area contributed by atoms with E-state index in [1.165, 1.54) is 0 Å². The average molecular weight is 376 g/mol. The molecule has 0 aliphatic carbocycles. The van der Waals surface area contributed by atoms with Crippen LogP contribution in [0.5, 0.6) is 5.75 Å². The van der Waals surface area contributed by atoms with E-state index in [1.807, 2.05) is 44.2 Å². The summed E-state index contributed by atoms with van der Waals surface area (Å²) in [5, 5.41) is 8.29. The summed E-state index contributed by atoms with van der Waals surface area (Å²) in [6.07, 6.45) is 3.65. The second-order valence-electron chi connectivity index (χ2n) is 6.68. The summed E-state index contributed by atoms with van der Waals surface area (Å²) in [5.41, 5.74) is 2.20. The number of aldehydes is 1. The molecule has 0 bridgehead atoms. The van der Waals surface area contributed by atoms with Gasteiger partial charge in [0.25, 0.3) is 0 Å². The van der Waals surface area contributed by atoms with E-state index in [4.69, 9.17) is 9.15 Å². The molecule has 7 nitrogen and oxygen atoms in total. The predicted octanol–water partition coefficient (Wildman–Crippen LogP) is 4.20. The fourth-order valence-corrected chi connectivity index (χ4v) is 2.97. The zero-order valence-corrected chi connectivity index (χ0v) is 15.7. The Hall–Kier alpha value is -3.48. The Morgan fingerprint density at radius 2 is 2.11 bits per heavy atom. The summed E-state index contributed by atoms with van der Waals surface area (Å²) in [4.78, 5) is 19.5. The molecule has 1 aromatic carbocycles. The van der Waals surface area contributed by atoms with Crippen molar-refractivity contribution in [3.8, 4) is 28.7 Å². The third-order valence-electron chi connectivity index (χ3n) is 4.20. The third kappa shape index (κ3) is 3.64. The van der Waals surface area contributed by atoms with Crippen LogP contribution in [-0.2, 0) is 11.2 Å². The average Bonchev–Trinajstić information content (AvgIpc) is 3.33. The minimum atomic E-state index is 0.0831. The fraction of sp³-hybridized carbons (Fsp3) is 0.238. The lowest BCUT2D eigenvalue weighted by Gasteiger charge is -2.09. The molecule has 0 radical (unpaired) electrons. The number of rotatable bonds is 7. The van der Waals surface area contributed by atoms with E-state index in [-0.39, 0.29) is 6.10 Å². The van der Waals surface area contributed by atoms with Crippen molar-refractivity contribution in [1.29, 1.82) is 0 Å². The number of nitrogens with one attached hydrogen (secondary N) is 1. The van der Waals surface area contributed by atoms with E-state index in [0.717, 1.165) is 28.7 Å². The largest absolute Gasteiger partial charge is 0.491 e. The van der Waals surface area contributed by atoms with Crippen LogP contribution in [-0.4, -0.2) is 32.6 Å². The van der Waals surface area contributed by atoms with Gasteiger partial charge in [0.2, 0.25) is 0 Å². The Bertz CT molecular complexity index is 1110. The number of ether oxygens (including phenoxy) is 1. The number of benzene rings is 1. The van der Waals surface area contributed by atoms with Gasteiger partial charge in [0.05, 0.1) is 11.6 Å². The van der Waals surface area contributed by atoms with Crippen molar-refractivity contribution in [3.63, 3.8) is 0 Å². The first kappa shape index (κ1) is 17.9. The molecule has 28 heavy (non-hydrogen) atoms. The van der Waals surface area contributed by atoms with Crippen molar-refractivity contribution in [2.45, 2.75) is 32.8 Å². The molecule has 7 heteroatoms. The molecule has 0 atom stereocenters. The molecule has 1 N–H and O–H groups in total. The van der Waals surface area contributed by atoms with Crippen molar-refractivity contribution in [2.75, 3.05) is 0 Å². The smallest absolute Gasteiger partial charge is 0.181 e. The third-order valence-corrected chi connectivity index (χ3v) is 4.20. The quantitative estimate of drug-likeness (QED) is 0.486. The molecule has 0 aliphatic rings. The van der Waals surface area contributed by atoms with Gasteiger partial charge in [-0.15, -0.1) is 0 Å². The van der Waals surface area contributed by atoms with Crippen LogP contribution in [0.2, 0.25) is 0 Å². The van der Waals surface area contributed by atoms with Gasteiger partial charge in [-0.3, -0.25) is 5.10 Å². The van der Waals surface area contributed by atoms with Crippen molar-refractivity contribution >= 4 is 17.2 Å². The van der Waals surface area contributed by atoms with E-state index in [9.17, 15) is 4.79 Å². The molecule has 3 aromatic heterocycles. The minimum absolute atomic E-state index is 0.0831. The van der Waals surface area contributed by atoms with E-state index in [2.05, 4.69) is 20.2 Å². The Kier molecular flexibility index (Phi) is 4.89. The zero-order chi connectivity index (χ0) is 19.5. The predicted molar refractivity (Wildman–Crippen MR) is 105 cm³/mol. The number of carbonyl (C=O) groups is 1. The molecule has 0 amide bonds. The van der Waals surface area contributed by atoms with Crippen LogP contribution in [0.4, 0.5) is 0 Å². The number of aromatic amines is 1. The zero-order valence-electron chi connectivity index (χ0n) is 15.7. The lowest BCUT2D eigenvalue weighted by atomic mass is 10.2. The van der Waals surface area contributed by atoms with Crippen LogP contribution in [0.25, 0.3) is 33.9 Å². The highest BCUT2D eigenvalue weighted by Crippen LogP contribution is 2.29. The first-order chi connectivity index (χ1) is 13.6. The van der Waals surface area contributed by atoms with Crippen LogP contribution >= 0.6 is 0 Å². The van der Waals surface area contributed by atoms with Crippen LogP contribution < -0.4 is 4.74 Å². The van der Waals surface area contributed by atoms with Crippen molar-refractivity contribution in [2.24, 2.45) is 0 Å². The maximum Gasteiger partial charge on any atom is 0.181 e. The number of aryl methyl sites for hydroxylation is 1. The standard InChI is InChI=1S/C21H20N4O3/c1-13(2)27-15-5-7-17-16(12-15)20(25-24-17)21-22-10-9-18(23-21)19-8-6-14(28-19)4-3-11-26/h5-13H,3-4H2,1-2H3,(H,24,25). The number of aromatic nitrogens is 4. The summed E-state index contributed by atoms with van der Waals surface area (Å²) >= 11 is 0. The van der Waals surface area contributed by atoms with E-state index < -0.39 is 0 Å². The number of hydrogen-bond acceptors (Lipinski definition) is 6. The first-order valence-corrected chi connectivity index (χ1v) is 9.15. The lowest BCUT2D eigenvalue weighted by Crippen LogP contribution is -2.05. The maximum atomic E-state index is 10.5. The molecule has 142 valence electrons. The second kappa shape index (κ2) is 7.64. The van der Waals surface area contributed by atoms with E-state index in [1.54, 1.807) is 12.3 Å². The molecule has 0 saturated carbocycles. The Morgan fingerprint density at radius 1 is 1.21 bits per heavy atom. The number of fused-ring (bicyclic) bond motifs is 1. The molecule has 4 aromatic rings. The summed E-state index contributed by atoms with van der Waals surface area (Å²) in [6.45, 7) is 3.97. The van der Waals surface area contributed by atoms with E-state index in [0.29, 0.717) is 35.8 Å². The first-order valence-electron chi connectivity index (χ1n) is 9.15. The molecule has 0 fully saturated rings. The summed E-state index contributed by atoms with van der Waals surface area (Å²) in [5.74, 6) is 2.65. The van der Waals surface area contributed by atoms with Gasteiger partial charge in [0, 0.05) is 24.4 Å². The van der Waals surface area contributed by atoms with Gasteiger partial charge >= 0.3 is 0 Å². The van der Waals surface area contributed by atoms with Gasteiger partial charge in [-0.2, -0.15) is 5.10 Å². The van der Waals surface area contributed by atoms with Gasteiger partial charge in [-0.05, 0) is 50.2 Å². The van der Waals surface area contributed by atoms with Gasteiger partial charge in [0.1, 0.15) is 29.2 Å². The van der Waals surface area contributed by atoms with Crippen molar-refractivity contribution in [1.82, 2.24) is 20.2 Å². The molecule has 0 aliphatic heterocycles. The van der Waals surface area contributed by atoms with Crippen molar-refractivity contribution < 1.29 is 13.9 Å². The number of furan rings is 1. The molecule has 3 heterocycles. The fourth-order valence-electron chi connectivity index (χ4n) is 2.97. The second-order valence-corrected chi connectivity index (χ2v) is 6.68. The summed E-state index contributed by atoms with van der Waals surface area (Å²) in [7, 11) is 0. The molecular formula is C21H20N4O3. The topological polar surface area (TPSA) is 93.9 Å². The molecule has 0 saturated heterocycles. The van der Waals surface area contributed by atoms with Gasteiger partial charge in [-0.1, -0.05) is 0 Å². The van der Waals surface area contributed by atoms with Gasteiger partial charge in [-0.25, -0.2) is 9.97 Å². The summed E-state index contributed by atoms with van der Waals surface area (Å²) < 4.78 is 11.6. The maximum absolute atomic E-state index is 10.5. The monoisotopic (exact) mass is 376 g/mol. The molecular weight excluding hydrogens is 356 g/mol. The number of hydrogen-bond donors (Lipinski definition) is 1. The van der Waals surface area contributed by atoms with Crippen LogP contribution in [0.1, 0.15) is 26.0 Å². The summed E-state index contributed by atoms with van der Waals surface area (Å²) in [6, 6.07) is 11.3. The molecule has 4 rings (SSSR count). The lowest BCUT2D eigenvalue weighted by molar-refractivity contribution is -0.107. The highest BCUT2D eigenvalue weighted by atomic mass is 16.5. The van der Waals surface area contributed by atoms with Gasteiger partial charge < -0.3 is 13.9 Å². The number of H-pyrrole nitrogens is 1. The van der Waals surface area contributed by atoms with Crippen molar-refractivity contribution in [3.05, 3.63) is 48.4 Å². The molecule has 0 unspecified atom stereocenters. The van der Waals surface area contributed by atoms with Crippen LogP contribution in [0.15, 0.2) is 47.0 Å².